The molecule has 0 bridgehead atoms. The summed E-state index contributed by atoms with van der Waals surface area (Å²) in [6.07, 6.45) is 4.88. The highest BCUT2D eigenvalue weighted by atomic mass is 19.1. The predicted octanol–water partition coefficient (Wildman–Crippen LogP) is 2.60. The van der Waals surface area contributed by atoms with Crippen molar-refractivity contribution in [3.63, 3.8) is 0 Å². The van der Waals surface area contributed by atoms with Gasteiger partial charge in [0.1, 0.15) is 5.82 Å². The molecule has 1 aliphatic rings. The van der Waals surface area contributed by atoms with Crippen molar-refractivity contribution in [3.8, 4) is 0 Å². The first-order valence-electron chi connectivity index (χ1n) is 7.24. The number of nitrogens with zero attached hydrogens (tertiary/aromatic N) is 2. The van der Waals surface area contributed by atoms with Gasteiger partial charge in [0, 0.05) is 6.54 Å². The first-order chi connectivity index (χ1) is 9.24. The number of hydrogen-bond acceptors (Lipinski definition) is 3. The molecule has 2 atom stereocenters. The fourth-order valence-electron chi connectivity index (χ4n) is 3.07. The maximum Gasteiger partial charge on any atom is 0.141 e. The lowest BCUT2D eigenvalue weighted by Gasteiger charge is -2.37. The molecule has 4 heteroatoms. The number of aromatic nitrogens is 1. The molecular weight excluding hydrogens is 241 g/mol. The van der Waals surface area contributed by atoms with Crippen molar-refractivity contribution in [3.05, 3.63) is 29.8 Å². The zero-order valence-electron chi connectivity index (χ0n) is 11.9. The van der Waals surface area contributed by atoms with E-state index in [2.05, 4.69) is 22.1 Å². The molecule has 19 heavy (non-hydrogen) atoms. The van der Waals surface area contributed by atoms with E-state index in [1.54, 1.807) is 0 Å². The molecule has 1 saturated heterocycles. The predicted molar refractivity (Wildman–Crippen MR) is 75.5 cm³/mol. The number of likely N-dealkylation sites (tertiary alicyclic amines) is 1. The van der Waals surface area contributed by atoms with E-state index in [1.807, 2.05) is 13.1 Å². The zero-order chi connectivity index (χ0) is 13.7. The lowest BCUT2D eigenvalue weighted by Crippen LogP contribution is -2.41. The second kappa shape index (κ2) is 6.96. The summed E-state index contributed by atoms with van der Waals surface area (Å²) in [5, 5.41) is 3.27. The molecule has 0 aliphatic carbocycles. The van der Waals surface area contributed by atoms with Gasteiger partial charge in [-0.15, -0.1) is 0 Å². The van der Waals surface area contributed by atoms with Crippen LogP contribution in [-0.2, 0) is 0 Å². The number of halogens is 1. The third-order valence-corrected chi connectivity index (χ3v) is 3.96. The number of pyridine rings is 1. The lowest BCUT2D eigenvalue weighted by molar-refractivity contribution is 0.117. The zero-order valence-corrected chi connectivity index (χ0v) is 11.9. The van der Waals surface area contributed by atoms with Crippen LogP contribution >= 0.6 is 0 Å². The average molecular weight is 265 g/mol. The molecule has 106 valence electrons. The van der Waals surface area contributed by atoms with Crippen molar-refractivity contribution in [2.24, 2.45) is 5.92 Å². The van der Waals surface area contributed by atoms with E-state index in [0.29, 0.717) is 12.0 Å². The highest BCUT2D eigenvalue weighted by molar-refractivity contribution is 5.10. The number of hydrogen-bond donors (Lipinski definition) is 1. The van der Waals surface area contributed by atoms with Gasteiger partial charge in [-0.2, -0.15) is 0 Å². The van der Waals surface area contributed by atoms with Crippen molar-refractivity contribution in [1.29, 1.82) is 0 Å². The van der Waals surface area contributed by atoms with Crippen LogP contribution < -0.4 is 5.32 Å². The minimum absolute atomic E-state index is 0.259. The highest BCUT2D eigenvalue weighted by Gasteiger charge is 2.26. The van der Waals surface area contributed by atoms with Gasteiger partial charge in [0.25, 0.3) is 0 Å². The van der Waals surface area contributed by atoms with Crippen molar-refractivity contribution in [2.75, 3.05) is 26.7 Å². The number of rotatable bonds is 5. The first-order valence-corrected chi connectivity index (χ1v) is 7.24. The Morgan fingerprint density at radius 2 is 2.37 bits per heavy atom. The highest BCUT2D eigenvalue weighted by Crippen LogP contribution is 2.28. The van der Waals surface area contributed by atoms with Crippen molar-refractivity contribution in [2.45, 2.75) is 32.2 Å². The molecule has 0 spiro atoms. The topological polar surface area (TPSA) is 28.2 Å². The van der Waals surface area contributed by atoms with E-state index in [1.165, 1.54) is 25.1 Å². The Morgan fingerprint density at radius 3 is 3.00 bits per heavy atom. The SMILES string of the molecule is CCC(c1ccc(F)cn1)N1CCCC(CNC)C1. The summed E-state index contributed by atoms with van der Waals surface area (Å²) in [4.78, 5) is 6.77. The summed E-state index contributed by atoms with van der Waals surface area (Å²) in [6, 6.07) is 3.66. The molecule has 1 fully saturated rings. The summed E-state index contributed by atoms with van der Waals surface area (Å²) in [7, 11) is 2.01. The van der Waals surface area contributed by atoms with Gasteiger partial charge in [0.05, 0.1) is 17.9 Å². The maximum absolute atomic E-state index is 13.0. The standard InChI is InChI=1S/C15H24FN3/c1-3-15(14-7-6-13(16)10-18-14)19-8-4-5-12(11-19)9-17-2/h6-7,10,12,15,17H,3-5,8-9,11H2,1-2H3. The van der Waals surface area contributed by atoms with Gasteiger partial charge in [-0.3, -0.25) is 9.88 Å². The number of nitrogens with one attached hydrogen (secondary N) is 1. The second-order valence-corrected chi connectivity index (χ2v) is 5.39. The van der Waals surface area contributed by atoms with Gasteiger partial charge < -0.3 is 5.32 Å². The Morgan fingerprint density at radius 1 is 1.53 bits per heavy atom. The third kappa shape index (κ3) is 3.74. The molecule has 0 saturated carbocycles. The van der Waals surface area contributed by atoms with E-state index in [-0.39, 0.29) is 5.82 Å². The molecule has 1 aromatic rings. The van der Waals surface area contributed by atoms with Crippen LogP contribution in [0, 0.1) is 11.7 Å². The van der Waals surface area contributed by atoms with Crippen LogP contribution in [0.2, 0.25) is 0 Å². The van der Waals surface area contributed by atoms with Crippen LogP contribution in [0.15, 0.2) is 18.3 Å². The molecule has 1 N–H and O–H groups in total. The Bertz CT molecular complexity index is 377. The van der Waals surface area contributed by atoms with Gasteiger partial charge in [0.15, 0.2) is 0 Å². The maximum atomic E-state index is 13.0. The molecule has 2 unspecified atom stereocenters. The molecule has 1 aliphatic heterocycles. The summed E-state index contributed by atoms with van der Waals surface area (Å²) in [5.41, 5.74) is 0.994. The quantitative estimate of drug-likeness (QED) is 0.887. The van der Waals surface area contributed by atoms with Crippen LogP contribution in [0.25, 0.3) is 0 Å². The van der Waals surface area contributed by atoms with Crippen LogP contribution in [-0.4, -0.2) is 36.6 Å². The largest absolute Gasteiger partial charge is 0.319 e. The Labute approximate surface area is 115 Å². The lowest BCUT2D eigenvalue weighted by atomic mass is 9.95. The molecule has 3 nitrogen and oxygen atoms in total. The van der Waals surface area contributed by atoms with Gasteiger partial charge in [-0.05, 0) is 57.5 Å². The van der Waals surface area contributed by atoms with Crippen LogP contribution in [0.1, 0.15) is 37.9 Å². The molecule has 2 heterocycles. The first kappa shape index (κ1) is 14.4. The van der Waals surface area contributed by atoms with Crippen LogP contribution in [0.4, 0.5) is 4.39 Å². The van der Waals surface area contributed by atoms with Gasteiger partial charge in [-0.1, -0.05) is 6.92 Å². The third-order valence-electron chi connectivity index (χ3n) is 3.96. The van der Waals surface area contributed by atoms with E-state index in [4.69, 9.17) is 0 Å². The van der Waals surface area contributed by atoms with Crippen molar-refractivity contribution >= 4 is 0 Å². The summed E-state index contributed by atoms with van der Waals surface area (Å²) in [6.45, 7) is 5.48. The Kier molecular flexibility index (Phi) is 5.28. The summed E-state index contributed by atoms with van der Waals surface area (Å²) in [5.74, 6) is 0.457. The van der Waals surface area contributed by atoms with Crippen molar-refractivity contribution < 1.29 is 4.39 Å². The second-order valence-electron chi connectivity index (χ2n) is 5.39. The molecule has 2 rings (SSSR count). The van der Waals surface area contributed by atoms with E-state index < -0.39 is 0 Å². The van der Waals surface area contributed by atoms with Crippen molar-refractivity contribution in [1.82, 2.24) is 15.2 Å². The molecule has 0 aromatic carbocycles. The van der Waals surface area contributed by atoms with Crippen LogP contribution in [0.5, 0.6) is 0 Å². The fourth-order valence-corrected chi connectivity index (χ4v) is 3.07. The van der Waals surface area contributed by atoms with Crippen LogP contribution in [0.3, 0.4) is 0 Å². The van der Waals surface area contributed by atoms with E-state index >= 15 is 0 Å². The molecule has 0 amide bonds. The minimum atomic E-state index is -0.259. The van der Waals surface area contributed by atoms with Gasteiger partial charge >= 0.3 is 0 Å². The minimum Gasteiger partial charge on any atom is -0.319 e. The summed E-state index contributed by atoms with van der Waals surface area (Å²) < 4.78 is 13.0. The Balaban J connectivity index is 2.06. The molecule has 0 radical (unpaired) electrons. The van der Waals surface area contributed by atoms with E-state index in [0.717, 1.165) is 31.7 Å². The van der Waals surface area contributed by atoms with E-state index in [9.17, 15) is 4.39 Å². The van der Waals surface area contributed by atoms with Gasteiger partial charge in [-0.25, -0.2) is 4.39 Å². The monoisotopic (exact) mass is 265 g/mol. The molecule has 1 aromatic heterocycles. The number of piperidine rings is 1. The molecular formula is C15H24FN3. The average Bonchev–Trinajstić information content (AvgIpc) is 2.43. The smallest absolute Gasteiger partial charge is 0.141 e. The fraction of sp³-hybridized carbons (Fsp3) is 0.667. The summed E-state index contributed by atoms with van der Waals surface area (Å²) >= 11 is 0. The van der Waals surface area contributed by atoms with Gasteiger partial charge in [0.2, 0.25) is 0 Å². The normalized spacial score (nSPS) is 22.4. The Hall–Kier alpha value is -1.00.